The summed E-state index contributed by atoms with van der Waals surface area (Å²) >= 11 is 1.43. The Morgan fingerprint density at radius 1 is 1.25 bits per heavy atom. The smallest absolute Gasteiger partial charge is 0.233 e. The fourth-order valence-corrected chi connectivity index (χ4v) is 3.71. The van der Waals surface area contributed by atoms with E-state index >= 15 is 0 Å². The molecule has 1 unspecified atom stereocenters. The number of carbonyl (C=O) groups excluding carboxylic acids is 1. The summed E-state index contributed by atoms with van der Waals surface area (Å²) in [5.74, 6) is 0.797. The Kier molecular flexibility index (Phi) is 6.61. The van der Waals surface area contributed by atoms with Gasteiger partial charge in [-0.15, -0.1) is 10.2 Å². The lowest BCUT2D eigenvalue weighted by molar-refractivity contribution is -0.121. The van der Waals surface area contributed by atoms with Crippen molar-refractivity contribution in [1.29, 1.82) is 0 Å². The molecule has 3 rings (SSSR count). The van der Waals surface area contributed by atoms with Gasteiger partial charge >= 0.3 is 0 Å². The monoisotopic (exact) mass is 403 g/mol. The van der Waals surface area contributed by atoms with Crippen molar-refractivity contribution in [1.82, 2.24) is 20.1 Å². The van der Waals surface area contributed by atoms with E-state index in [1.165, 1.54) is 11.8 Å². The minimum atomic E-state index is -0.282. The highest BCUT2D eigenvalue weighted by molar-refractivity contribution is 8.00. The van der Waals surface area contributed by atoms with E-state index in [4.69, 9.17) is 4.74 Å². The van der Waals surface area contributed by atoms with Crippen molar-refractivity contribution >= 4 is 23.6 Å². The van der Waals surface area contributed by atoms with Crippen molar-refractivity contribution in [2.24, 2.45) is 0 Å². The standard InChI is InChI=1S/C20H29N5O2S/c1-5-20(3,4)21-17(26)15(2)28-19-23-22-18(24-11-13-27-14-12-24)25(19)16-9-7-6-8-10-16/h6-10,15H,5,11-14H2,1-4H3,(H,21,26). The first-order valence-electron chi connectivity index (χ1n) is 9.73. The summed E-state index contributed by atoms with van der Waals surface area (Å²) in [6.07, 6.45) is 0.873. The first-order valence-corrected chi connectivity index (χ1v) is 10.6. The molecule has 1 fully saturated rings. The predicted molar refractivity (Wildman–Crippen MR) is 112 cm³/mol. The molecule has 1 aliphatic heterocycles. The third-order valence-electron chi connectivity index (χ3n) is 4.92. The Balaban J connectivity index is 1.86. The van der Waals surface area contributed by atoms with Crippen molar-refractivity contribution in [3.05, 3.63) is 30.3 Å². The van der Waals surface area contributed by atoms with E-state index in [0.29, 0.717) is 18.4 Å². The van der Waals surface area contributed by atoms with Gasteiger partial charge in [-0.3, -0.25) is 9.36 Å². The van der Waals surface area contributed by atoms with E-state index in [-0.39, 0.29) is 16.7 Å². The summed E-state index contributed by atoms with van der Waals surface area (Å²) in [4.78, 5) is 14.8. The van der Waals surface area contributed by atoms with Gasteiger partial charge in [0.05, 0.1) is 24.2 Å². The molecule has 0 radical (unpaired) electrons. The molecule has 0 saturated carbocycles. The van der Waals surface area contributed by atoms with Gasteiger partial charge in [-0.05, 0) is 39.3 Å². The lowest BCUT2D eigenvalue weighted by Crippen LogP contribution is -2.46. The van der Waals surface area contributed by atoms with Crippen LogP contribution in [0.3, 0.4) is 0 Å². The number of amides is 1. The Bertz CT molecular complexity index is 787. The number of aromatic nitrogens is 3. The van der Waals surface area contributed by atoms with Crippen LogP contribution >= 0.6 is 11.8 Å². The van der Waals surface area contributed by atoms with Crippen LogP contribution in [0.5, 0.6) is 0 Å². The van der Waals surface area contributed by atoms with E-state index in [0.717, 1.165) is 31.1 Å². The maximum atomic E-state index is 12.7. The van der Waals surface area contributed by atoms with Crippen LogP contribution in [0.15, 0.2) is 35.5 Å². The molecule has 7 nitrogen and oxygen atoms in total. The number of benzene rings is 1. The number of nitrogens with one attached hydrogen (secondary N) is 1. The fraction of sp³-hybridized carbons (Fsp3) is 0.550. The number of carbonyl (C=O) groups is 1. The van der Waals surface area contributed by atoms with Crippen LogP contribution < -0.4 is 10.2 Å². The number of nitrogens with zero attached hydrogens (tertiary/aromatic N) is 4. The van der Waals surface area contributed by atoms with Gasteiger partial charge in [0, 0.05) is 18.6 Å². The molecular weight excluding hydrogens is 374 g/mol. The Morgan fingerprint density at radius 2 is 1.93 bits per heavy atom. The molecule has 1 amide bonds. The van der Waals surface area contributed by atoms with Crippen LogP contribution in [0, 0.1) is 0 Å². The number of anilines is 1. The van der Waals surface area contributed by atoms with Crippen LogP contribution in [-0.4, -0.2) is 57.8 Å². The van der Waals surface area contributed by atoms with Crippen LogP contribution in [0.25, 0.3) is 5.69 Å². The number of ether oxygens (including phenoxy) is 1. The molecule has 0 aliphatic carbocycles. The Hall–Kier alpha value is -2.06. The van der Waals surface area contributed by atoms with Gasteiger partial charge in [-0.2, -0.15) is 0 Å². The number of hydrogen-bond donors (Lipinski definition) is 1. The van der Waals surface area contributed by atoms with Crippen molar-refractivity contribution in [3.8, 4) is 5.69 Å². The van der Waals surface area contributed by atoms with E-state index in [1.807, 2.05) is 55.7 Å². The molecule has 1 N–H and O–H groups in total. The van der Waals surface area contributed by atoms with Crippen molar-refractivity contribution in [2.75, 3.05) is 31.2 Å². The zero-order valence-corrected chi connectivity index (χ0v) is 17.8. The normalized spacial score (nSPS) is 16.1. The lowest BCUT2D eigenvalue weighted by atomic mass is 10.0. The van der Waals surface area contributed by atoms with Gasteiger partial charge < -0.3 is 15.0 Å². The van der Waals surface area contributed by atoms with Crippen LogP contribution in [0.4, 0.5) is 5.95 Å². The van der Waals surface area contributed by atoms with Crippen molar-refractivity contribution < 1.29 is 9.53 Å². The predicted octanol–water partition coefficient (Wildman–Crippen LogP) is 2.89. The number of thioether (sulfide) groups is 1. The molecule has 2 aromatic rings. The summed E-state index contributed by atoms with van der Waals surface area (Å²) in [6, 6.07) is 10.0. The largest absolute Gasteiger partial charge is 0.378 e. The second kappa shape index (κ2) is 8.96. The van der Waals surface area contributed by atoms with Gasteiger partial charge in [-0.25, -0.2) is 0 Å². The van der Waals surface area contributed by atoms with Gasteiger partial charge in [0.2, 0.25) is 11.9 Å². The molecule has 1 aliphatic rings. The number of para-hydroxylation sites is 1. The Morgan fingerprint density at radius 3 is 2.57 bits per heavy atom. The SMILES string of the molecule is CCC(C)(C)NC(=O)C(C)Sc1nnc(N2CCOCC2)n1-c1ccccc1. The summed E-state index contributed by atoms with van der Waals surface area (Å²) in [7, 11) is 0. The molecule has 2 heterocycles. The topological polar surface area (TPSA) is 72.3 Å². The van der Waals surface area contributed by atoms with Gasteiger partial charge in [0.1, 0.15) is 0 Å². The molecule has 1 aromatic carbocycles. The maximum Gasteiger partial charge on any atom is 0.233 e. The number of hydrogen-bond acceptors (Lipinski definition) is 6. The molecule has 8 heteroatoms. The molecule has 152 valence electrons. The van der Waals surface area contributed by atoms with E-state index in [1.54, 1.807) is 0 Å². The summed E-state index contributed by atoms with van der Waals surface area (Å²) < 4.78 is 7.50. The molecule has 28 heavy (non-hydrogen) atoms. The first-order chi connectivity index (χ1) is 13.4. The maximum absolute atomic E-state index is 12.7. The molecule has 0 bridgehead atoms. The van der Waals surface area contributed by atoms with E-state index in [2.05, 4.69) is 27.3 Å². The number of rotatable bonds is 7. The quantitative estimate of drug-likeness (QED) is 0.717. The third-order valence-corrected chi connectivity index (χ3v) is 5.96. The molecule has 1 saturated heterocycles. The highest BCUT2D eigenvalue weighted by atomic mass is 32.2. The average Bonchev–Trinajstić information content (AvgIpc) is 3.12. The number of morpholine rings is 1. The van der Waals surface area contributed by atoms with Gasteiger partial charge in [-0.1, -0.05) is 36.9 Å². The summed E-state index contributed by atoms with van der Waals surface area (Å²) in [5.41, 5.74) is 0.760. The van der Waals surface area contributed by atoms with Gasteiger partial charge in [0.15, 0.2) is 5.16 Å². The van der Waals surface area contributed by atoms with Crippen LogP contribution in [0.2, 0.25) is 0 Å². The molecular formula is C20H29N5O2S. The highest BCUT2D eigenvalue weighted by Crippen LogP contribution is 2.30. The van der Waals surface area contributed by atoms with Gasteiger partial charge in [0.25, 0.3) is 0 Å². The molecule has 0 spiro atoms. The lowest BCUT2D eigenvalue weighted by Gasteiger charge is -2.28. The molecule has 1 aromatic heterocycles. The molecule has 1 atom stereocenters. The minimum absolute atomic E-state index is 0.00684. The van der Waals surface area contributed by atoms with Crippen LogP contribution in [-0.2, 0) is 9.53 Å². The van der Waals surface area contributed by atoms with Crippen molar-refractivity contribution in [2.45, 2.75) is 50.1 Å². The van der Waals surface area contributed by atoms with Crippen molar-refractivity contribution in [3.63, 3.8) is 0 Å². The third kappa shape index (κ3) is 4.86. The van der Waals surface area contributed by atoms with E-state index in [9.17, 15) is 4.79 Å². The fourth-order valence-electron chi connectivity index (χ4n) is 2.84. The zero-order chi connectivity index (χ0) is 20.1. The average molecular weight is 404 g/mol. The summed E-state index contributed by atoms with van der Waals surface area (Å²) in [5, 5.41) is 12.4. The first kappa shape index (κ1) is 20.7. The Labute approximate surface area is 170 Å². The second-order valence-corrected chi connectivity index (χ2v) is 8.85. The van der Waals surface area contributed by atoms with Crippen LogP contribution in [0.1, 0.15) is 34.1 Å². The van der Waals surface area contributed by atoms with E-state index < -0.39 is 0 Å². The highest BCUT2D eigenvalue weighted by Gasteiger charge is 2.27. The second-order valence-electron chi connectivity index (χ2n) is 7.54. The zero-order valence-electron chi connectivity index (χ0n) is 17.0. The summed E-state index contributed by atoms with van der Waals surface area (Å²) in [6.45, 7) is 10.9. The minimum Gasteiger partial charge on any atom is -0.378 e.